The van der Waals surface area contributed by atoms with Gasteiger partial charge in [-0.05, 0) is 31.0 Å². The first-order valence-corrected chi connectivity index (χ1v) is 8.77. The van der Waals surface area contributed by atoms with Crippen molar-refractivity contribution in [2.24, 2.45) is 11.8 Å². The summed E-state index contributed by atoms with van der Waals surface area (Å²) < 4.78 is 14.0. The Hall–Kier alpha value is -1.78. The fourth-order valence-electron chi connectivity index (χ4n) is 4.56. The Morgan fingerprint density at radius 1 is 1.08 bits per heavy atom. The molecule has 126 valence electrons. The summed E-state index contributed by atoms with van der Waals surface area (Å²) in [6.07, 6.45) is 4.90. The standard InChI is InChI=1S/C20H23FN2O/c21-18-9-2-1-6-15(18)12-23-13-16-7-5-8-17(14-23)20(16,24)19-10-3-4-11-22-19/h1-4,6,9-11,16-17,24H,5,7-8,12-14H2/t16-,17-/m1/s1. The van der Waals surface area contributed by atoms with Crippen molar-refractivity contribution in [2.45, 2.75) is 31.4 Å². The van der Waals surface area contributed by atoms with E-state index in [-0.39, 0.29) is 17.7 Å². The van der Waals surface area contributed by atoms with E-state index in [4.69, 9.17) is 0 Å². The lowest BCUT2D eigenvalue weighted by molar-refractivity contribution is -0.151. The summed E-state index contributed by atoms with van der Waals surface area (Å²) in [5.74, 6) is 0.173. The van der Waals surface area contributed by atoms with Crippen LogP contribution < -0.4 is 0 Å². The molecule has 0 amide bonds. The molecule has 1 saturated heterocycles. The van der Waals surface area contributed by atoms with Gasteiger partial charge in [-0.1, -0.05) is 30.7 Å². The van der Waals surface area contributed by atoms with Gasteiger partial charge in [0, 0.05) is 43.2 Å². The summed E-state index contributed by atoms with van der Waals surface area (Å²) in [4.78, 5) is 6.75. The van der Waals surface area contributed by atoms with E-state index in [9.17, 15) is 9.50 Å². The largest absolute Gasteiger partial charge is 0.383 e. The minimum Gasteiger partial charge on any atom is -0.383 e. The van der Waals surface area contributed by atoms with Gasteiger partial charge in [-0.3, -0.25) is 9.88 Å². The average molecular weight is 326 g/mol. The van der Waals surface area contributed by atoms with Gasteiger partial charge in [0.05, 0.1) is 5.69 Å². The first kappa shape index (κ1) is 15.7. The van der Waals surface area contributed by atoms with Crippen LogP contribution in [0.25, 0.3) is 0 Å². The number of aromatic nitrogens is 1. The van der Waals surface area contributed by atoms with Gasteiger partial charge in [0.2, 0.25) is 0 Å². The molecule has 1 aliphatic carbocycles. The van der Waals surface area contributed by atoms with Gasteiger partial charge in [-0.2, -0.15) is 0 Å². The predicted molar refractivity (Wildman–Crippen MR) is 90.6 cm³/mol. The lowest BCUT2D eigenvalue weighted by Crippen LogP contribution is -2.58. The number of hydrogen-bond donors (Lipinski definition) is 1. The number of hydrogen-bond acceptors (Lipinski definition) is 3. The third-order valence-electron chi connectivity index (χ3n) is 5.73. The van der Waals surface area contributed by atoms with E-state index < -0.39 is 5.60 Å². The van der Waals surface area contributed by atoms with Crippen LogP contribution in [0.4, 0.5) is 4.39 Å². The zero-order valence-electron chi connectivity index (χ0n) is 13.7. The van der Waals surface area contributed by atoms with E-state index >= 15 is 0 Å². The molecule has 1 aromatic heterocycles. The van der Waals surface area contributed by atoms with Crippen LogP contribution in [0.3, 0.4) is 0 Å². The second-order valence-corrected chi connectivity index (χ2v) is 7.15. The highest BCUT2D eigenvalue weighted by Crippen LogP contribution is 2.48. The van der Waals surface area contributed by atoms with Crippen LogP contribution in [-0.2, 0) is 12.1 Å². The van der Waals surface area contributed by atoms with E-state index in [0.717, 1.165) is 43.6 Å². The van der Waals surface area contributed by atoms with Gasteiger partial charge >= 0.3 is 0 Å². The van der Waals surface area contributed by atoms with Crippen LogP contribution in [0.5, 0.6) is 0 Å². The van der Waals surface area contributed by atoms with Gasteiger partial charge in [0.1, 0.15) is 11.4 Å². The molecule has 1 aromatic carbocycles. The van der Waals surface area contributed by atoms with E-state index in [0.29, 0.717) is 6.54 Å². The van der Waals surface area contributed by atoms with Crippen molar-refractivity contribution in [1.29, 1.82) is 0 Å². The molecule has 4 heteroatoms. The Morgan fingerprint density at radius 2 is 1.79 bits per heavy atom. The maximum absolute atomic E-state index is 14.0. The molecule has 1 N–H and O–H groups in total. The lowest BCUT2D eigenvalue weighted by Gasteiger charge is -2.52. The Kier molecular flexibility index (Phi) is 4.10. The number of likely N-dealkylation sites (tertiary alicyclic amines) is 1. The van der Waals surface area contributed by atoms with E-state index in [1.165, 1.54) is 6.07 Å². The minimum atomic E-state index is -0.842. The van der Waals surface area contributed by atoms with E-state index in [2.05, 4.69) is 9.88 Å². The number of benzene rings is 1. The highest BCUT2D eigenvalue weighted by Gasteiger charge is 2.52. The van der Waals surface area contributed by atoms with Gasteiger partial charge < -0.3 is 5.11 Å². The molecule has 0 radical (unpaired) electrons. The smallest absolute Gasteiger partial charge is 0.127 e. The van der Waals surface area contributed by atoms with Crippen LogP contribution in [0.15, 0.2) is 48.7 Å². The predicted octanol–water partition coefficient (Wildman–Crippen LogP) is 3.34. The highest BCUT2D eigenvalue weighted by molar-refractivity contribution is 5.21. The summed E-state index contributed by atoms with van der Waals surface area (Å²) in [7, 11) is 0. The third-order valence-corrected chi connectivity index (χ3v) is 5.73. The Labute approximate surface area is 142 Å². The van der Waals surface area contributed by atoms with Crippen molar-refractivity contribution in [3.63, 3.8) is 0 Å². The molecule has 2 fully saturated rings. The van der Waals surface area contributed by atoms with E-state index in [1.807, 2.05) is 30.3 Å². The van der Waals surface area contributed by atoms with Crippen molar-refractivity contribution in [1.82, 2.24) is 9.88 Å². The molecule has 2 aliphatic rings. The summed E-state index contributed by atoms with van der Waals surface area (Å²) in [5.41, 5.74) is 0.690. The van der Waals surface area contributed by atoms with Crippen molar-refractivity contribution < 1.29 is 9.50 Å². The van der Waals surface area contributed by atoms with Gasteiger partial charge in [0.25, 0.3) is 0 Å². The van der Waals surface area contributed by atoms with Gasteiger partial charge in [-0.25, -0.2) is 4.39 Å². The fraction of sp³-hybridized carbons (Fsp3) is 0.450. The van der Waals surface area contributed by atoms with Crippen LogP contribution in [0.2, 0.25) is 0 Å². The van der Waals surface area contributed by atoms with Crippen molar-refractivity contribution >= 4 is 0 Å². The number of rotatable bonds is 3. The maximum atomic E-state index is 14.0. The zero-order valence-corrected chi connectivity index (χ0v) is 13.7. The Balaban J connectivity index is 1.58. The number of aliphatic hydroxyl groups is 1. The molecule has 2 heterocycles. The maximum Gasteiger partial charge on any atom is 0.127 e. The van der Waals surface area contributed by atoms with Gasteiger partial charge in [0.15, 0.2) is 0 Å². The van der Waals surface area contributed by atoms with Gasteiger partial charge in [-0.15, -0.1) is 0 Å². The molecular formula is C20H23FN2O. The van der Waals surface area contributed by atoms with Crippen molar-refractivity contribution in [3.05, 3.63) is 65.7 Å². The normalized spacial score (nSPS) is 30.2. The summed E-state index contributed by atoms with van der Waals surface area (Å²) in [6.45, 7) is 2.19. The van der Waals surface area contributed by atoms with Crippen LogP contribution in [0, 0.1) is 17.7 Å². The SMILES string of the molecule is OC1(c2ccccn2)[C@@H]2CCC[C@@H]1CN(Cc1ccccc1F)C2. The van der Waals surface area contributed by atoms with Crippen molar-refractivity contribution in [3.8, 4) is 0 Å². The Morgan fingerprint density at radius 3 is 2.46 bits per heavy atom. The Bertz CT molecular complexity index is 692. The summed E-state index contributed by atoms with van der Waals surface area (Å²) in [5, 5.41) is 11.5. The second-order valence-electron chi connectivity index (χ2n) is 7.15. The second kappa shape index (κ2) is 6.26. The average Bonchev–Trinajstić information content (AvgIpc) is 2.59. The minimum absolute atomic E-state index is 0.145. The number of nitrogens with zero attached hydrogens (tertiary/aromatic N) is 2. The molecule has 4 rings (SSSR count). The molecule has 3 nitrogen and oxygen atoms in total. The molecule has 2 bridgehead atoms. The molecule has 2 aromatic rings. The molecular weight excluding hydrogens is 303 g/mol. The summed E-state index contributed by atoms with van der Waals surface area (Å²) in [6, 6.07) is 12.8. The van der Waals surface area contributed by atoms with Crippen LogP contribution in [0.1, 0.15) is 30.5 Å². The number of fused-ring (bicyclic) bond motifs is 2. The molecule has 0 spiro atoms. The third kappa shape index (κ3) is 2.64. The topological polar surface area (TPSA) is 36.4 Å². The monoisotopic (exact) mass is 326 g/mol. The van der Waals surface area contributed by atoms with Crippen LogP contribution in [-0.4, -0.2) is 28.1 Å². The quantitative estimate of drug-likeness (QED) is 0.940. The first-order valence-electron chi connectivity index (χ1n) is 8.77. The highest BCUT2D eigenvalue weighted by atomic mass is 19.1. The number of pyridine rings is 1. The number of piperidine rings is 1. The molecule has 1 aliphatic heterocycles. The molecule has 0 unspecified atom stereocenters. The molecule has 2 atom stereocenters. The number of halogens is 1. The fourth-order valence-corrected chi connectivity index (χ4v) is 4.56. The molecule has 24 heavy (non-hydrogen) atoms. The lowest BCUT2D eigenvalue weighted by atomic mass is 9.64. The molecule has 1 saturated carbocycles. The van der Waals surface area contributed by atoms with Crippen LogP contribution >= 0.6 is 0 Å². The summed E-state index contributed by atoms with van der Waals surface area (Å²) >= 11 is 0. The van der Waals surface area contributed by atoms with Crippen molar-refractivity contribution in [2.75, 3.05) is 13.1 Å². The first-order chi connectivity index (χ1) is 11.7. The zero-order chi connectivity index (χ0) is 16.6. The van der Waals surface area contributed by atoms with E-state index in [1.54, 1.807) is 12.3 Å².